The summed E-state index contributed by atoms with van der Waals surface area (Å²) in [5.41, 5.74) is 7.22. The van der Waals surface area contributed by atoms with Crippen LogP contribution in [-0.4, -0.2) is 24.0 Å². The third-order valence-corrected chi connectivity index (χ3v) is 2.69. The Hall–Kier alpha value is -2.56. The number of carbonyl (C=O) groups is 1. The van der Waals surface area contributed by atoms with Gasteiger partial charge in [0.2, 0.25) is 5.91 Å². The second kappa shape index (κ2) is 7.13. The highest BCUT2D eigenvalue weighted by Gasteiger charge is 2.02. The minimum atomic E-state index is -0.0305. The number of aromatic nitrogens is 1. The standard InChI is InChI=1S/C15H17N3O2/c16-13-1-3-14(4-2-13)20-10-9-18-15(19)11-12-5-7-17-8-6-12/h1-8H,9-11,16H2,(H,18,19). The number of nitrogens with one attached hydrogen (secondary N) is 1. The van der Waals surface area contributed by atoms with E-state index >= 15 is 0 Å². The third kappa shape index (κ3) is 4.61. The number of nitrogens with two attached hydrogens (primary N) is 1. The first-order valence-corrected chi connectivity index (χ1v) is 6.38. The summed E-state index contributed by atoms with van der Waals surface area (Å²) in [6.45, 7) is 0.889. The largest absolute Gasteiger partial charge is 0.492 e. The van der Waals surface area contributed by atoms with E-state index in [1.807, 2.05) is 12.1 Å². The number of benzene rings is 1. The number of carbonyl (C=O) groups excluding carboxylic acids is 1. The molecule has 5 nitrogen and oxygen atoms in total. The second-order valence-corrected chi connectivity index (χ2v) is 4.30. The molecule has 0 saturated heterocycles. The van der Waals surface area contributed by atoms with E-state index in [0.717, 1.165) is 11.3 Å². The van der Waals surface area contributed by atoms with Gasteiger partial charge in [-0.3, -0.25) is 9.78 Å². The van der Waals surface area contributed by atoms with Gasteiger partial charge in [-0.05, 0) is 42.0 Å². The molecule has 0 saturated carbocycles. The van der Waals surface area contributed by atoms with Crippen molar-refractivity contribution >= 4 is 11.6 Å². The molecule has 104 valence electrons. The quantitative estimate of drug-likeness (QED) is 0.615. The SMILES string of the molecule is Nc1ccc(OCCNC(=O)Cc2ccncc2)cc1. The van der Waals surface area contributed by atoms with Gasteiger partial charge in [-0.15, -0.1) is 0 Å². The Balaban J connectivity index is 1.66. The molecule has 0 bridgehead atoms. The molecule has 1 amide bonds. The van der Waals surface area contributed by atoms with Gasteiger partial charge < -0.3 is 15.8 Å². The number of rotatable bonds is 6. The van der Waals surface area contributed by atoms with Crippen LogP contribution in [0.3, 0.4) is 0 Å². The summed E-state index contributed by atoms with van der Waals surface area (Å²) in [7, 11) is 0. The van der Waals surface area contributed by atoms with Crippen molar-refractivity contribution in [2.45, 2.75) is 6.42 Å². The maximum atomic E-state index is 11.7. The number of pyridine rings is 1. The van der Waals surface area contributed by atoms with Gasteiger partial charge in [0, 0.05) is 18.1 Å². The van der Waals surface area contributed by atoms with Crippen LogP contribution in [0.1, 0.15) is 5.56 Å². The molecule has 2 rings (SSSR count). The van der Waals surface area contributed by atoms with Gasteiger partial charge in [-0.2, -0.15) is 0 Å². The van der Waals surface area contributed by atoms with Crippen LogP contribution in [0.25, 0.3) is 0 Å². The number of anilines is 1. The molecule has 0 atom stereocenters. The first-order valence-electron chi connectivity index (χ1n) is 6.38. The van der Waals surface area contributed by atoms with Crippen molar-refractivity contribution in [3.8, 4) is 5.75 Å². The molecule has 0 radical (unpaired) electrons. The van der Waals surface area contributed by atoms with Crippen LogP contribution in [0.2, 0.25) is 0 Å². The number of hydrogen-bond acceptors (Lipinski definition) is 4. The van der Waals surface area contributed by atoms with E-state index in [4.69, 9.17) is 10.5 Å². The van der Waals surface area contributed by atoms with Gasteiger partial charge in [-0.25, -0.2) is 0 Å². The lowest BCUT2D eigenvalue weighted by molar-refractivity contribution is -0.120. The van der Waals surface area contributed by atoms with Gasteiger partial charge in [0.05, 0.1) is 13.0 Å². The summed E-state index contributed by atoms with van der Waals surface area (Å²) < 4.78 is 5.48. The summed E-state index contributed by atoms with van der Waals surface area (Å²) in [5, 5.41) is 2.80. The summed E-state index contributed by atoms with van der Waals surface area (Å²) in [6, 6.07) is 10.8. The van der Waals surface area contributed by atoms with Crippen LogP contribution in [0.5, 0.6) is 5.75 Å². The van der Waals surface area contributed by atoms with Crippen molar-refractivity contribution in [2.24, 2.45) is 0 Å². The fourth-order valence-corrected chi connectivity index (χ4v) is 1.67. The highest BCUT2D eigenvalue weighted by Crippen LogP contribution is 2.12. The Morgan fingerprint density at radius 3 is 2.55 bits per heavy atom. The van der Waals surface area contributed by atoms with Crippen molar-refractivity contribution in [3.05, 3.63) is 54.4 Å². The Morgan fingerprint density at radius 1 is 1.15 bits per heavy atom. The van der Waals surface area contributed by atoms with Crippen LogP contribution in [0.4, 0.5) is 5.69 Å². The van der Waals surface area contributed by atoms with Gasteiger partial charge in [0.1, 0.15) is 12.4 Å². The zero-order valence-electron chi connectivity index (χ0n) is 11.1. The minimum Gasteiger partial charge on any atom is -0.492 e. The van der Waals surface area contributed by atoms with Gasteiger partial charge in [-0.1, -0.05) is 0 Å². The molecule has 0 spiro atoms. The fourth-order valence-electron chi connectivity index (χ4n) is 1.67. The van der Waals surface area contributed by atoms with Crippen molar-refractivity contribution in [2.75, 3.05) is 18.9 Å². The van der Waals surface area contributed by atoms with Crippen LogP contribution in [-0.2, 0) is 11.2 Å². The molecule has 0 aliphatic heterocycles. The average Bonchev–Trinajstić information content (AvgIpc) is 2.46. The third-order valence-electron chi connectivity index (χ3n) is 2.69. The van der Waals surface area contributed by atoms with Crippen molar-refractivity contribution in [3.63, 3.8) is 0 Å². The molecular formula is C15H17N3O2. The predicted octanol–water partition coefficient (Wildman–Crippen LogP) is 1.40. The maximum Gasteiger partial charge on any atom is 0.224 e. The van der Waals surface area contributed by atoms with Crippen LogP contribution < -0.4 is 15.8 Å². The van der Waals surface area contributed by atoms with Crippen LogP contribution in [0.15, 0.2) is 48.8 Å². The van der Waals surface area contributed by atoms with E-state index in [1.165, 1.54) is 0 Å². The molecule has 0 aliphatic rings. The lowest BCUT2D eigenvalue weighted by Gasteiger charge is -2.08. The molecule has 5 heteroatoms. The van der Waals surface area contributed by atoms with Crippen molar-refractivity contribution < 1.29 is 9.53 Å². The molecule has 1 aromatic heterocycles. The molecule has 3 N–H and O–H groups in total. The molecule has 2 aromatic rings. The zero-order valence-corrected chi connectivity index (χ0v) is 11.1. The number of hydrogen-bond donors (Lipinski definition) is 2. The Bertz CT molecular complexity index is 541. The highest BCUT2D eigenvalue weighted by molar-refractivity contribution is 5.78. The second-order valence-electron chi connectivity index (χ2n) is 4.30. The summed E-state index contributed by atoms with van der Waals surface area (Å²) in [6.07, 6.45) is 3.70. The molecule has 1 heterocycles. The van der Waals surface area contributed by atoms with E-state index in [-0.39, 0.29) is 5.91 Å². The van der Waals surface area contributed by atoms with E-state index in [0.29, 0.717) is 25.3 Å². The van der Waals surface area contributed by atoms with Gasteiger partial charge in [0.15, 0.2) is 0 Å². The zero-order chi connectivity index (χ0) is 14.2. The number of ether oxygens (including phenoxy) is 1. The lowest BCUT2D eigenvalue weighted by atomic mass is 10.2. The van der Waals surface area contributed by atoms with Crippen molar-refractivity contribution in [1.29, 1.82) is 0 Å². The minimum absolute atomic E-state index is 0.0305. The predicted molar refractivity (Wildman–Crippen MR) is 77.3 cm³/mol. The normalized spacial score (nSPS) is 10.0. The molecule has 0 unspecified atom stereocenters. The number of amides is 1. The molecular weight excluding hydrogens is 254 g/mol. The molecule has 20 heavy (non-hydrogen) atoms. The fraction of sp³-hybridized carbons (Fsp3) is 0.200. The molecule has 1 aromatic carbocycles. The average molecular weight is 271 g/mol. The molecule has 0 aliphatic carbocycles. The molecule has 0 fully saturated rings. The summed E-state index contributed by atoms with van der Waals surface area (Å²) in [5.74, 6) is 0.708. The van der Waals surface area contributed by atoms with Crippen molar-refractivity contribution in [1.82, 2.24) is 10.3 Å². The van der Waals surface area contributed by atoms with E-state index in [2.05, 4.69) is 10.3 Å². The smallest absolute Gasteiger partial charge is 0.224 e. The van der Waals surface area contributed by atoms with Gasteiger partial charge in [0.25, 0.3) is 0 Å². The first-order chi connectivity index (χ1) is 9.74. The summed E-state index contributed by atoms with van der Waals surface area (Å²) in [4.78, 5) is 15.6. The number of nitrogen functional groups attached to an aromatic ring is 1. The Labute approximate surface area is 117 Å². The van der Waals surface area contributed by atoms with Crippen LogP contribution in [0, 0.1) is 0 Å². The van der Waals surface area contributed by atoms with Gasteiger partial charge >= 0.3 is 0 Å². The number of nitrogens with zero attached hydrogens (tertiary/aromatic N) is 1. The maximum absolute atomic E-state index is 11.7. The van der Waals surface area contributed by atoms with E-state index < -0.39 is 0 Å². The first kappa shape index (κ1) is 13.9. The highest BCUT2D eigenvalue weighted by atomic mass is 16.5. The summed E-state index contributed by atoms with van der Waals surface area (Å²) >= 11 is 0. The van der Waals surface area contributed by atoms with Crippen LogP contribution >= 0.6 is 0 Å². The Kier molecular flexibility index (Phi) is 4.94. The topological polar surface area (TPSA) is 77.2 Å². The van der Waals surface area contributed by atoms with E-state index in [1.54, 1.807) is 36.7 Å². The lowest BCUT2D eigenvalue weighted by Crippen LogP contribution is -2.29. The Morgan fingerprint density at radius 2 is 1.85 bits per heavy atom. The van der Waals surface area contributed by atoms with E-state index in [9.17, 15) is 4.79 Å². The monoisotopic (exact) mass is 271 g/mol.